The molecular weight excluding hydrogens is 256 g/mol. The first kappa shape index (κ1) is 12.4. The Hall–Kier alpha value is -1.34. The molecule has 1 aliphatic heterocycles. The van der Waals surface area contributed by atoms with E-state index in [2.05, 4.69) is 69.4 Å². The van der Waals surface area contributed by atoms with Crippen LogP contribution in [-0.2, 0) is 0 Å². The maximum Gasteiger partial charge on any atom is 0.107 e. The van der Waals surface area contributed by atoms with Crippen LogP contribution in [0, 0.1) is 5.41 Å². The van der Waals surface area contributed by atoms with Crippen molar-refractivity contribution in [3.05, 3.63) is 63.5 Å². The maximum absolute atomic E-state index is 2.56. The molecule has 0 bridgehead atoms. The Balaban J connectivity index is 1.76. The number of hydrogen-bond donors (Lipinski definition) is 0. The van der Waals surface area contributed by atoms with E-state index in [0.29, 0.717) is 11.3 Å². The summed E-state index contributed by atoms with van der Waals surface area (Å²) in [6.45, 7) is 9.91. The molecule has 0 fully saturated rings. The minimum absolute atomic E-state index is 0.389. The lowest BCUT2D eigenvalue weighted by molar-refractivity contribution is 0.455. The molecule has 2 aliphatic carbocycles. The van der Waals surface area contributed by atoms with E-state index in [1.165, 1.54) is 17.5 Å². The van der Waals surface area contributed by atoms with Gasteiger partial charge in [0.25, 0.3) is 0 Å². The van der Waals surface area contributed by atoms with Crippen LogP contribution in [0.4, 0.5) is 0 Å². The van der Waals surface area contributed by atoms with E-state index in [1.807, 2.05) is 5.20 Å². The van der Waals surface area contributed by atoms with Crippen molar-refractivity contribution in [1.82, 2.24) is 0 Å². The zero-order valence-electron chi connectivity index (χ0n) is 12.8. The zero-order valence-corrected chi connectivity index (χ0v) is 13.8. The molecule has 0 aromatic heterocycles. The van der Waals surface area contributed by atoms with Crippen molar-refractivity contribution in [1.29, 1.82) is 0 Å². The smallest absolute Gasteiger partial charge is 0.0723 e. The third-order valence-corrected chi connectivity index (χ3v) is 9.04. The minimum Gasteiger partial charge on any atom is -0.0723 e. The average Bonchev–Trinajstić information content (AvgIpc) is 2.79. The van der Waals surface area contributed by atoms with Gasteiger partial charge in [-0.15, -0.1) is 0 Å². The third-order valence-electron chi connectivity index (χ3n) is 5.36. The van der Waals surface area contributed by atoms with Gasteiger partial charge in [-0.05, 0) is 23.0 Å². The fourth-order valence-electron chi connectivity index (χ4n) is 4.57. The van der Waals surface area contributed by atoms with Crippen LogP contribution in [0.25, 0.3) is 6.08 Å². The van der Waals surface area contributed by atoms with Gasteiger partial charge in [-0.2, -0.15) is 0 Å². The maximum atomic E-state index is 2.56. The van der Waals surface area contributed by atoms with Gasteiger partial charge < -0.3 is 0 Å². The molecular formula is C19H22Si. The summed E-state index contributed by atoms with van der Waals surface area (Å²) in [4.78, 5) is 0. The lowest BCUT2D eigenvalue weighted by Crippen LogP contribution is -2.21. The number of allylic oxidation sites excluding steroid dienone is 5. The topological polar surface area (TPSA) is 0 Å². The molecule has 4 rings (SSSR count). The Kier molecular flexibility index (Phi) is 2.26. The summed E-state index contributed by atoms with van der Waals surface area (Å²) >= 11 is 0. The molecule has 0 spiro atoms. The van der Waals surface area contributed by atoms with Gasteiger partial charge in [0.05, 0.1) is 0 Å². The lowest BCUT2D eigenvalue weighted by Gasteiger charge is -2.29. The van der Waals surface area contributed by atoms with Crippen molar-refractivity contribution in [3.63, 3.8) is 0 Å². The van der Waals surface area contributed by atoms with Gasteiger partial charge in [0.15, 0.2) is 0 Å². The van der Waals surface area contributed by atoms with Crippen molar-refractivity contribution in [2.45, 2.75) is 39.3 Å². The second kappa shape index (κ2) is 3.65. The van der Waals surface area contributed by atoms with Crippen LogP contribution in [0.15, 0.2) is 52.4 Å². The molecule has 0 radical (unpaired) electrons. The molecule has 102 valence electrons. The molecule has 0 saturated heterocycles. The number of hydrogen-bond acceptors (Lipinski definition) is 0. The first-order valence-electron chi connectivity index (χ1n) is 7.64. The van der Waals surface area contributed by atoms with Gasteiger partial charge in [-0.1, -0.05) is 85.4 Å². The summed E-state index contributed by atoms with van der Waals surface area (Å²) in [5, 5.41) is 3.56. The first-order chi connectivity index (χ1) is 9.41. The quantitative estimate of drug-likeness (QED) is 0.615. The van der Waals surface area contributed by atoms with Crippen LogP contribution in [0.1, 0.15) is 37.3 Å². The summed E-state index contributed by atoms with van der Waals surface area (Å²) in [7, 11) is -1.14. The van der Waals surface area contributed by atoms with E-state index in [-0.39, 0.29) is 0 Å². The fraction of sp³-hybridized carbons (Fsp3) is 0.368. The molecule has 20 heavy (non-hydrogen) atoms. The summed E-state index contributed by atoms with van der Waals surface area (Å²) in [5.41, 5.74) is 4.93. The third kappa shape index (κ3) is 1.53. The van der Waals surface area contributed by atoms with Crippen molar-refractivity contribution in [2.75, 3.05) is 0 Å². The molecule has 1 heteroatoms. The summed E-state index contributed by atoms with van der Waals surface area (Å²) < 4.78 is 0. The van der Waals surface area contributed by atoms with Crippen LogP contribution < -0.4 is 0 Å². The zero-order chi connectivity index (χ0) is 14.1. The van der Waals surface area contributed by atoms with Crippen LogP contribution in [0.5, 0.6) is 0 Å². The van der Waals surface area contributed by atoms with Crippen molar-refractivity contribution in [3.8, 4) is 0 Å². The molecule has 3 aliphatic rings. The van der Waals surface area contributed by atoms with E-state index in [4.69, 9.17) is 0 Å². The van der Waals surface area contributed by atoms with Gasteiger partial charge in [0.2, 0.25) is 0 Å². The van der Waals surface area contributed by atoms with Gasteiger partial charge in [-0.25, -0.2) is 0 Å². The number of benzene rings is 1. The Bertz CT molecular complexity index is 698. The van der Waals surface area contributed by atoms with E-state index in [9.17, 15) is 0 Å². The van der Waals surface area contributed by atoms with Crippen LogP contribution in [-0.4, -0.2) is 8.07 Å². The number of fused-ring (bicyclic) bond motifs is 1. The van der Waals surface area contributed by atoms with E-state index < -0.39 is 8.07 Å². The Labute approximate surface area is 122 Å². The second-order valence-corrected chi connectivity index (χ2v) is 11.9. The monoisotopic (exact) mass is 278 g/mol. The molecule has 0 nitrogen and oxygen atoms in total. The first-order valence-corrected chi connectivity index (χ1v) is 10.6. The Morgan fingerprint density at radius 3 is 2.65 bits per heavy atom. The summed E-state index contributed by atoms with van der Waals surface area (Å²) in [6.07, 6.45) is 8.48. The van der Waals surface area contributed by atoms with Crippen LogP contribution >= 0.6 is 0 Å². The summed E-state index contributed by atoms with van der Waals surface area (Å²) in [5.74, 6) is 0.518. The van der Waals surface area contributed by atoms with Gasteiger partial charge in [0.1, 0.15) is 8.07 Å². The predicted molar refractivity (Wildman–Crippen MR) is 89.2 cm³/mol. The lowest BCUT2D eigenvalue weighted by atomic mass is 9.77. The van der Waals surface area contributed by atoms with Gasteiger partial charge >= 0.3 is 0 Å². The second-order valence-electron chi connectivity index (χ2n) is 7.66. The fourth-order valence-corrected chi connectivity index (χ4v) is 9.05. The highest BCUT2D eigenvalue weighted by Gasteiger charge is 2.54. The summed E-state index contributed by atoms with van der Waals surface area (Å²) in [6, 6.07) is 8.85. The number of rotatable bonds is 1. The molecule has 1 aromatic rings. The van der Waals surface area contributed by atoms with E-state index in [0.717, 1.165) is 0 Å². The normalized spacial score (nSPS) is 28.0. The standard InChI is InChI=1S/C19H22Si/c1-19(2)12-14(11-17-18(19)20(17,3)4)16-10-9-13-7-5-6-8-15(13)16/h5-11,16H,12H2,1-4H3. The minimum atomic E-state index is -1.14. The molecule has 1 aromatic carbocycles. The SMILES string of the molecule is CC1(C)CC(C2C=Cc3ccccc32)=CC2=C1[Si]2(C)C. The Morgan fingerprint density at radius 1 is 1.15 bits per heavy atom. The molecule has 1 heterocycles. The highest BCUT2D eigenvalue weighted by molar-refractivity contribution is 7.02. The predicted octanol–water partition coefficient (Wildman–Crippen LogP) is 5.25. The van der Waals surface area contributed by atoms with Gasteiger partial charge in [0, 0.05) is 5.92 Å². The van der Waals surface area contributed by atoms with E-state index >= 15 is 0 Å². The molecule has 0 amide bonds. The van der Waals surface area contributed by atoms with Crippen molar-refractivity contribution >= 4 is 14.1 Å². The van der Waals surface area contributed by atoms with E-state index in [1.54, 1.807) is 10.8 Å². The Morgan fingerprint density at radius 2 is 1.90 bits per heavy atom. The average molecular weight is 278 g/mol. The highest BCUT2D eigenvalue weighted by Crippen LogP contribution is 2.59. The van der Waals surface area contributed by atoms with Crippen molar-refractivity contribution < 1.29 is 0 Å². The molecule has 1 unspecified atom stereocenters. The molecule has 0 saturated carbocycles. The highest BCUT2D eigenvalue weighted by atomic mass is 28.3. The molecule has 0 N–H and O–H groups in total. The van der Waals surface area contributed by atoms with Gasteiger partial charge in [-0.3, -0.25) is 0 Å². The van der Waals surface area contributed by atoms with Crippen molar-refractivity contribution in [2.24, 2.45) is 5.41 Å². The van der Waals surface area contributed by atoms with Crippen LogP contribution in [0.3, 0.4) is 0 Å². The molecule has 1 atom stereocenters. The van der Waals surface area contributed by atoms with Crippen LogP contribution in [0.2, 0.25) is 13.1 Å². The largest absolute Gasteiger partial charge is 0.107 e.